The molecular formula is C22H25ClN2O2. The lowest BCUT2D eigenvalue weighted by Gasteiger charge is -2.37. The van der Waals surface area contributed by atoms with Gasteiger partial charge in [-0.15, -0.1) is 0 Å². The molecule has 1 saturated heterocycles. The van der Waals surface area contributed by atoms with Gasteiger partial charge in [0.1, 0.15) is 11.4 Å². The number of hydrogen-bond acceptors (Lipinski definition) is 4. The van der Waals surface area contributed by atoms with Crippen LogP contribution in [0.25, 0.3) is 0 Å². The second kappa shape index (κ2) is 9.75. The summed E-state index contributed by atoms with van der Waals surface area (Å²) in [5.74, 6) is 6.54. The first-order valence-corrected chi connectivity index (χ1v) is 9.71. The molecule has 2 heterocycles. The molecule has 0 amide bonds. The summed E-state index contributed by atoms with van der Waals surface area (Å²) in [6.45, 7) is 2.68. The molecule has 2 aromatic rings. The minimum Gasteiger partial charge on any atom is -0.491 e. The van der Waals surface area contributed by atoms with Crippen molar-refractivity contribution in [2.45, 2.75) is 25.7 Å². The van der Waals surface area contributed by atoms with Crippen LogP contribution in [-0.2, 0) is 6.42 Å². The molecule has 1 unspecified atom stereocenters. The van der Waals surface area contributed by atoms with Crippen LogP contribution in [0.1, 0.15) is 30.5 Å². The van der Waals surface area contributed by atoms with Crippen LogP contribution >= 0.6 is 11.6 Å². The van der Waals surface area contributed by atoms with Crippen LogP contribution in [0.4, 0.5) is 0 Å². The first-order chi connectivity index (χ1) is 13.2. The highest BCUT2D eigenvalue weighted by Gasteiger charge is 2.33. The van der Waals surface area contributed by atoms with Crippen LogP contribution in [0.2, 0.25) is 5.02 Å². The lowest BCUT2D eigenvalue weighted by atomic mass is 9.76. The van der Waals surface area contributed by atoms with Crippen molar-refractivity contribution in [3.63, 3.8) is 0 Å². The summed E-state index contributed by atoms with van der Waals surface area (Å²) in [7, 11) is 0. The molecule has 3 rings (SSSR count). The van der Waals surface area contributed by atoms with Crippen LogP contribution in [0.3, 0.4) is 0 Å². The Morgan fingerprint density at radius 3 is 2.93 bits per heavy atom. The molecule has 1 aliphatic heterocycles. The highest BCUT2D eigenvalue weighted by molar-refractivity contribution is 6.30. The summed E-state index contributed by atoms with van der Waals surface area (Å²) in [5, 5.41) is 13.1. The fourth-order valence-electron chi connectivity index (χ4n) is 3.42. The summed E-state index contributed by atoms with van der Waals surface area (Å²) in [4.78, 5) is 4.32. The fourth-order valence-corrected chi connectivity index (χ4v) is 3.63. The molecule has 2 N–H and O–H groups in total. The van der Waals surface area contributed by atoms with E-state index in [2.05, 4.69) is 28.2 Å². The van der Waals surface area contributed by atoms with Crippen LogP contribution in [0.5, 0.6) is 5.75 Å². The molecule has 5 heteroatoms. The first-order valence-electron chi connectivity index (χ1n) is 9.33. The van der Waals surface area contributed by atoms with Crippen molar-refractivity contribution in [2.24, 2.45) is 5.41 Å². The van der Waals surface area contributed by atoms with Gasteiger partial charge in [-0.2, -0.15) is 0 Å². The summed E-state index contributed by atoms with van der Waals surface area (Å²) in [5.41, 5.74) is 1.97. The third-order valence-electron chi connectivity index (χ3n) is 4.76. The predicted molar refractivity (Wildman–Crippen MR) is 108 cm³/mol. The molecular weight excluding hydrogens is 360 g/mol. The van der Waals surface area contributed by atoms with Crippen molar-refractivity contribution in [2.75, 3.05) is 26.3 Å². The second-order valence-electron chi connectivity index (χ2n) is 7.03. The van der Waals surface area contributed by atoms with Crippen molar-refractivity contribution in [3.05, 3.63) is 58.9 Å². The Hall–Kier alpha value is -2.06. The zero-order valence-electron chi connectivity index (χ0n) is 15.4. The Labute approximate surface area is 165 Å². The number of pyridine rings is 1. The maximum atomic E-state index is 8.77. The Kier molecular flexibility index (Phi) is 7.11. The molecule has 1 aromatic heterocycles. The van der Waals surface area contributed by atoms with Crippen molar-refractivity contribution in [3.8, 4) is 17.6 Å². The number of aliphatic hydroxyl groups excluding tert-OH is 1. The molecule has 1 aromatic carbocycles. The maximum absolute atomic E-state index is 8.77. The molecule has 0 spiro atoms. The van der Waals surface area contributed by atoms with Gasteiger partial charge in [0.05, 0.1) is 19.4 Å². The largest absolute Gasteiger partial charge is 0.491 e. The van der Waals surface area contributed by atoms with Gasteiger partial charge >= 0.3 is 0 Å². The number of aromatic nitrogens is 1. The van der Waals surface area contributed by atoms with Gasteiger partial charge in [-0.1, -0.05) is 29.7 Å². The van der Waals surface area contributed by atoms with Gasteiger partial charge in [0.2, 0.25) is 0 Å². The van der Waals surface area contributed by atoms with Crippen molar-refractivity contribution in [1.82, 2.24) is 10.3 Å². The van der Waals surface area contributed by atoms with Crippen molar-refractivity contribution >= 4 is 11.6 Å². The van der Waals surface area contributed by atoms with Crippen LogP contribution < -0.4 is 10.1 Å². The zero-order chi connectivity index (χ0) is 19.0. The Balaban J connectivity index is 1.65. The number of nitrogens with one attached hydrogen (secondary N) is 1. The summed E-state index contributed by atoms with van der Waals surface area (Å²) < 4.78 is 6.11. The molecule has 1 aliphatic rings. The molecule has 27 heavy (non-hydrogen) atoms. The molecule has 4 nitrogen and oxygen atoms in total. The van der Waals surface area contributed by atoms with Gasteiger partial charge in [-0.3, -0.25) is 0 Å². The number of nitrogens with zero attached hydrogens (tertiary/aromatic N) is 1. The van der Waals surface area contributed by atoms with Crippen molar-refractivity contribution < 1.29 is 9.84 Å². The van der Waals surface area contributed by atoms with E-state index in [9.17, 15) is 0 Å². The van der Waals surface area contributed by atoms with E-state index in [0.717, 1.165) is 43.1 Å². The van der Waals surface area contributed by atoms with Gasteiger partial charge in [-0.05, 0) is 61.6 Å². The first kappa shape index (κ1) is 19.7. The highest BCUT2D eigenvalue weighted by atomic mass is 35.5. The maximum Gasteiger partial charge on any atom is 0.137 e. The van der Waals surface area contributed by atoms with E-state index >= 15 is 0 Å². The molecule has 1 atom stereocenters. The highest BCUT2D eigenvalue weighted by Crippen LogP contribution is 2.32. The smallest absolute Gasteiger partial charge is 0.137 e. The lowest BCUT2D eigenvalue weighted by molar-refractivity contribution is 0.110. The monoisotopic (exact) mass is 384 g/mol. The number of benzene rings is 1. The number of aliphatic hydroxyl groups is 1. The number of ether oxygens (including phenoxy) is 1. The van der Waals surface area contributed by atoms with E-state index < -0.39 is 0 Å². The minimum absolute atomic E-state index is 0.0442. The quantitative estimate of drug-likeness (QED) is 0.749. The van der Waals surface area contributed by atoms with E-state index in [4.69, 9.17) is 21.4 Å². The number of rotatable bonds is 6. The van der Waals surface area contributed by atoms with E-state index in [0.29, 0.717) is 18.7 Å². The summed E-state index contributed by atoms with van der Waals surface area (Å²) in [6.07, 6.45) is 5.36. The zero-order valence-corrected chi connectivity index (χ0v) is 16.1. The lowest BCUT2D eigenvalue weighted by Crippen LogP contribution is -2.45. The normalized spacial score (nSPS) is 19.2. The standard InChI is InChI=1S/C22H25ClN2O2/c23-19-6-3-5-18(13-19)14-22(10-4-11-24-16-22)17-27-21-9-8-20(25-15-21)7-1-2-12-26/h3,5-6,8-9,13,15,24,26H,2,4,10-12,14,16-17H2. The van der Waals surface area contributed by atoms with Gasteiger partial charge in [0, 0.05) is 23.4 Å². The van der Waals surface area contributed by atoms with E-state index in [1.54, 1.807) is 6.20 Å². The van der Waals surface area contributed by atoms with Crippen molar-refractivity contribution in [1.29, 1.82) is 0 Å². The molecule has 0 saturated carbocycles. The van der Waals surface area contributed by atoms with Gasteiger partial charge in [0.15, 0.2) is 0 Å². The van der Waals surface area contributed by atoms with Crippen LogP contribution in [0.15, 0.2) is 42.6 Å². The second-order valence-corrected chi connectivity index (χ2v) is 7.47. The van der Waals surface area contributed by atoms with Crippen LogP contribution in [0, 0.1) is 17.3 Å². The molecule has 0 bridgehead atoms. The van der Waals surface area contributed by atoms with E-state index in [1.807, 2.05) is 30.3 Å². The molecule has 1 fully saturated rings. The molecule has 0 radical (unpaired) electrons. The third kappa shape index (κ3) is 5.97. The van der Waals surface area contributed by atoms with Gasteiger partial charge < -0.3 is 15.2 Å². The molecule has 142 valence electrons. The van der Waals surface area contributed by atoms with E-state index in [1.165, 1.54) is 5.56 Å². The third-order valence-corrected chi connectivity index (χ3v) is 5.00. The van der Waals surface area contributed by atoms with Crippen LogP contribution in [-0.4, -0.2) is 36.4 Å². The average molecular weight is 385 g/mol. The Bertz CT molecular complexity index is 790. The average Bonchev–Trinajstić information content (AvgIpc) is 2.68. The minimum atomic E-state index is 0.0442. The topological polar surface area (TPSA) is 54.4 Å². The Morgan fingerprint density at radius 1 is 1.30 bits per heavy atom. The summed E-state index contributed by atoms with van der Waals surface area (Å²) >= 11 is 6.16. The summed E-state index contributed by atoms with van der Waals surface area (Å²) in [6, 6.07) is 11.8. The van der Waals surface area contributed by atoms with Gasteiger partial charge in [0.25, 0.3) is 0 Å². The van der Waals surface area contributed by atoms with E-state index in [-0.39, 0.29) is 12.0 Å². The predicted octanol–water partition coefficient (Wildman–Crippen LogP) is 3.46. The number of halogens is 1. The fraction of sp³-hybridized carbons (Fsp3) is 0.409. The SMILES string of the molecule is OCCC#Cc1ccc(OCC2(Cc3cccc(Cl)c3)CCCNC2)cn1. The number of piperidine rings is 1. The number of hydrogen-bond donors (Lipinski definition) is 2. The molecule has 0 aliphatic carbocycles. The van der Waals surface area contributed by atoms with Gasteiger partial charge in [-0.25, -0.2) is 4.98 Å². The Morgan fingerprint density at radius 2 is 2.22 bits per heavy atom.